The van der Waals surface area contributed by atoms with Crippen LogP contribution in [0.15, 0.2) is 59.8 Å². The minimum atomic E-state index is -0.449. The number of hydrazone groups is 1. The number of nitrogens with zero attached hydrogens (tertiary/aromatic N) is 3. The van der Waals surface area contributed by atoms with E-state index in [1.165, 1.54) is 29.2 Å². The highest BCUT2D eigenvalue weighted by atomic mass is 35.5. The molecule has 2 aromatic carbocycles. The van der Waals surface area contributed by atoms with E-state index in [9.17, 15) is 9.18 Å². The molecule has 3 rings (SSSR count). The Morgan fingerprint density at radius 2 is 1.96 bits per heavy atom. The summed E-state index contributed by atoms with van der Waals surface area (Å²) in [5, 5.41) is 8.06. The number of benzene rings is 2. The number of nitrogens with one attached hydrogen (secondary N) is 1. The van der Waals surface area contributed by atoms with Gasteiger partial charge in [0.2, 0.25) is 0 Å². The summed E-state index contributed by atoms with van der Waals surface area (Å²) in [6.07, 6.45) is 2.90. The van der Waals surface area contributed by atoms with Crippen LogP contribution in [0.3, 0.4) is 0 Å². The second kappa shape index (κ2) is 8.46. The van der Waals surface area contributed by atoms with Crippen LogP contribution >= 0.6 is 11.6 Å². The number of carbonyl (C=O) groups is 1. The molecule has 0 aliphatic rings. The summed E-state index contributed by atoms with van der Waals surface area (Å²) in [6.45, 7) is 0.342. The van der Waals surface area contributed by atoms with E-state index in [0.29, 0.717) is 12.4 Å². The molecule has 0 fully saturated rings. The number of rotatable bonds is 6. The quantitative estimate of drug-likeness (QED) is 0.520. The average molecular weight is 387 g/mol. The van der Waals surface area contributed by atoms with E-state index in [1.54, 1.807) is 43.4 Å². The number of ether oxygens (including phenoxy) is 1. The van der Waals surface area contributed by atoms with Crippen molar-refractivity contribution >= 4 is 23.7 Å². The predicted octanol–water partition coefficient (Wildman–Crippen LogP) is 3.56. The third-order valence-corrected chi connectivity index (χ3v) is 3.96. The number of amides is 1. The number of hydrogen-bond donors (Lipinski definition) is 1. The van der Waals surface area contributed by atoms with E-state index in [1.807, 2.05) is 0 Å². The first-order valence-corrected chi connectivity index (χ1v) is 8.39. The zero-order valence-corrected chi connectivity index (χ0v) is 15.2. The van der Waals surface area contributed by atoms with Gasteiger partial charge in [0.1, 0.15) is 23.9 Å². The molecular weight excluding hydrogens is 371 g/mol. The molecule has 1 amide bonds. The highest BCUT2D eigenvalue weighted by molar-refractivity contribution is 6.33. The predicted molar refractivity (Wildman–Crippen MR) is 100 cm³/mol. The van der Waals surface area contributed by atoms with Gasteiger partial charge in [-0.05, 0) is 47.5 Å². The van der Waals surface area contributed by atoms with Gasteiger partial charge in [0, 0.05) is 7.05 Å². The summed E-state index contributed by atoms with van der Waals surface area (Å²) in [5.41, 5.74) is 4.29. The maximum absolute atomic E-state index is 12.9. The first kappa shape index (κ1) is 18.6. The average Bonchev–Trinajstić information content (AvgIpc) is 3.00. The number of aryl methyl sites for hydroxylation is 1. The summed E-state index contributed by atoms with van der Waals surface area (Å²) in [6, 6.07) is 13.3. The molecule has 138 valence electrons. The van der Waals surface area contributed by atoms with Crippen molar-refractivity contribution in [3.8, 4) is 5.75 Å². The van der Waals surface area contributed by atoms with Gasteiger partial charge < -0.3 is 4.74 Å². The lowest BCUT2D eigenvalue weighted by atomic mass is 10.2. The van der Waals surface area contributed by atoms with Crippen LogP contribution < -0.4 is 10.2 Å². The molecule has 8 heteroatoms. The maximum atomic E-state index is 12.9. The molecule has 0 atom stereocenters. The molecule has 0 aliphatic heterocycles. The Hall–Kier alpha value is -3.19. The van der Waals surface area contributed by atoms with E-state index < -0.39 is 5.91 Å². The SMILES string of the molecule is Cn1ncc(Cl)c1C(=O)NN=Cc1ccc(OCc2ccc(F)cc2)cc1. The van der Waals surface area contributed by atoms with Crippen LogP contribution in [0.1, 0.15) is 21.6 Å². The lowest BCUT2D eigenvalue weighted by Gasteiger charge is -2.06. The van der Waals surface area contributed by atoms with Crippen LogP contribution in [0, 0.1) is 5.82 Å². The number of halogens is 2. The Morgan fingerprint density at radius 3 is 2.59 bits per heavy atom. The van der Waals surface area contributed by atoms with Crippen LogP contribution in [0.5, 0.6) is 5.75 Å². The molecular formula is C19H16ClFN4O2. The van der Waals surface area contributed by atoms with E-state index in [0.717, 1.165) is 11.1 Å². The summed E-state index contributed by atoms with van der Waals surface area (Å²) in [7, 11) is 1.62. The molecule has 0 saturated heterocycles. The minimum absolute atomic E-state index is 0.235. The van der Waals surface area contributed by atoms with Gasteiger partial charge in [0.15, 0.2) is 0 Å². The Labute approximate surface area is 160 Å². The zero-order valence-electron chi connectivity index (χ0n) is 14.4. The van der Waals surface area contributed by atoms with Crippen molar-refractivity contribution in [3.05, 3.63) is 82.4 Å². The van der Waals surface area contributed by atoms with Gasteiger partial charge in [-0.15, -0.1) is 0 Å². The largest absolute Gasteiger partial charge is 0.489 e. The molecule has 27 heavy (non-hydrogen) atoms. The molecule has 0 saturated carbocycles. The molecule has 6 nitrogen and oxygen atoms in total. The van der Waals surface area contributed by atoms with Crippen LogP contribution in [0.4, 0.5) is 4.39 Å². The molecule has 0 spiro atoms. The molecule has 0 radical (unpaired) electrons. The second-order valence-electron chi connectivity index (χ2n) is 5.65. The Morgan fingerprint density at radius 1 is 1.26 bits per heavy atom. The van der Waals surface area contributed by atoms with Crippen LogP contribution in [-0.4, -0.2) is 21.9 Å². The van der Waals surface area contributed by atoms with Gasteiger partial charge in [-0.25, -0.2) is 9.82 Å². The fraction of sp³-hybridized carbons (Fsp3) is 0.105. The van der Waals surface area contributed by atoms with Crippen molar-refractivity contribution in [2.24, 2.45) is 12.1 Å². The monoisotopic (exact) mass is 386 g/mol. The smallest absolute Gasteiger partial charge is 0.291 e. The van der Waals surface area contributed by atoms with Crippen molar-refractivity contribution in [1.29, 1.82) is 0 Å². The van der Waals surface area contributed by atoms with Crippen molar-refractivity contribution in [2.75, 3.05) is 0 Å². The molecule has 1 heterocycles. The molecule has 0 aliphatic carbocycles. The first-order chi connectivity index (χ1) is 13.0. The second-order valence-corrected chi connectivity index (χ2v) is 6.06. The highest BCUT2D eigenvalue weighted by Gasteiger charge is 2.14. The molecule has 1 N–H and O–H groups in total. The first-order valence-electron chi connectivity index (χ1n) is 8.01. The Kier molecular flexibility index (Phi) is 5.83. The number of carbonyl (C=O) groups excluding carboxylic acids is 1. The standard InChI is InChI=1S/C19H16ClFN4O2/c1-25-18(17(20)11-23-25)19(26)24-22-10-13-4-8-16(9-5-13)27-12-14-2-6-15(21)7-3-14/h2-11H,12H2,1H3,(H,24,26). The normalized spacial score (nSPS) is 10.9. The molecule has 1 aromatic heterocycles. The maximum Gasteiger partial charge on any atom is 0.291 e. The fourth-order valence-corrected chi connectivity index (χ4v) is 2.53. The minimum Gasteiger partial charge on any atom is -0.489 e. The van der Waals surface area contributed by atoms with Crippen molar-refractivity contribution in [1.82, 2.24) is 15.2 Å². The lowest BCUT2D eigenvalue weighted by molar-refractivity contribution is 0.0946. The van der Waals surface area contributed by atoms with Gasteiger partial charge in [0.05, 0.1) is 17.4 Å². The summed E-state index contributed by atoms with van der Waals surface area (Å²) >= 11 is 5.91. The van der Waals surface area contributed by atoms with Gasteiger partial charge in [0.25, 0.3) is 5.91 Å². The molecule has 0 bridgehead atoms. The lowest BCUT2D eigenvalue weighted by Crippen LogP contribution is -2.21. The fourth-order valence-electron chi connectivity index (χ4n) is 2.28. The van der Waals surface area contributed by atoms with Gasteiger partial charge in [-0.3, -0.25) is 9.48 Å². The zero-order chi connectivity index (χ0) is 19.2. The van der Waals surface area contributed by atoms with Crippen LogP contribution in [0.25, 0.3) is 0 Å². The van der Waals surface area contributed by atoms with Crippen molar-refractivity contribution < 1.29 is 13.9 Å². The van der Waals surface area contributed by atoms with E-state index >= 15 is 0 Å². The van der Waals surface area contributed by atoms with Gasteiger partial charge in [-0.2, -0.15) is 10.2 Å². The summed E-state index contributed by atoms with van der Waals surface area (Å²) < 4.78 is 19.9. The van der Waals surface area contributed by atoms with Crippen molar-refractivity contribution in [2.45, 2.75) is 6.61 Å². The molecule has 0 unspecified atom stereocenters. The Balaban J connectivity index is 1.53. The highest BCUT2D eigenvalue weighted by Crippen LogP contribution is 2.15. The molecule has 3 aromatic rings. The third kappa shape index (κ3) is 4.92. The Bertz CT molecular complexity index is 933. The number of aromatic nitrogens is 2. The summed E-state index contributed by atoms with van der Waals surface area (Å²) in [5.74, 6) is -0.0576. The van der Waals surface area contributed by atoms with E-state index in [4.69, 9.17) is 16.3 Å². The van der Waals surface area contributed by atoms with Gasteiger partial charge in [-0.1, -0.05) is 23.7 Å². The topological polar surface area (TPSA) is 68.5 Å². The van der Waals surface area contributed by atoms with Crippen LogP contribution in [-0.2, 0) is 13.7 Å². The number of hydrogen-bond acceptors (Lipinski definition) is 4. The third-order valence-electron chi connectivity index (χ3n) is 3.69. The summed E-state index contributed by atoms with van der Waals surface area (Å²) in [4.78, 5) is 12.0. The van der Waals surface area contributed by atoms with E-state index in [-0.39, 0.29) is 16.5 Å². The van der Waals surface area contributed by atoms with E-state index in [2.05, 4.69) is 15.6 Å². The van der Waals surface area contributed by atoms with Crippen LogP contribution in [0.2, 0.25) is 5.02 Å². The van der Waals surface area contributed by atoms with Gasteiger partial charge >= 0.3 is 0 Å². The van der Waals surface area contributed by atoms with Crippen molar-refractivity contribution in [3.63, 3.8) is 0 Å².